The van der Waals surface area contributed by atoms with Gasteiger partial charge in [-0.05, 0) is 77.8 Å². The number of thiocarbonyl (C=S) groups is 1. The SMILES string of the molecule is CCc1ccc(N2C(=O)/C(=C/c3cc(OC)c(OCc4ccc(Cl)cc4)cc3Br)C(=O)NC2=S)cc1. The predicted molar refractivity (Wildman–Crippen MR) is 149 cm³/mol. The summed E-state index contributed by atoms with van der Waals surface area (Å²) in [7, 11) is 1.52. The molecule has 4 rings (SSSR count). The van der Waals surface area contributed by atoms with Crippen LogP contribution in [0.3, 0.4) is 0 Å². The van der Waals surface area contributed by atoms with Crippen LogP contribution in [0.4, 0.5) is 5.69 Å². The van der Waals surface area contributed by atoms with Gasteiger partial charge in [0.15, 0.2) is 16.6 Å². The monoisotopic (exact) mass is 584 g/mol. The summed E-state index contributed by atoms with van der Waals surface area (Å²) in [5.41, 5.74) is 3.16. The molecule has 184 valence electrons. The number of nitrogens with zero attached hydrogens (tertiary/aromatic N) is 1. The number of hydrogen-bond acceptors (Lipinski definition) is 5. The number of hydrogen-bond donors (Lipinski definition) is 1. The fraction of sp³-hybridized carbons (Fsp3) is 0.148. The minimum atomic E-state index is -0.569. The van der Waals surface area contributed by atoms with E-state index in [4.69, 9.17) is 33.3 Å². The molecule has 0 spiro atoms. The van der Waals surface area contributed by atoms with Crippen molar-refractivity contribution in [3.63, 3.8) is 0 Å². The number of aryl methyl sites for hydroxylation is 1. The molecule has 0 aromatic heterocycles. The van der Waals surface area contributed by atoms with Crippen LogP contribution in [-0.4, -0.2) is 24.0 Å². The number of amides is 2. The van der Waals surface area contributed by atoms with Crippen molar-refractivity contribution in [3.05, 3.63) is 92.4 Å². The minimum Gasteiger partial charge on any atom is -0.493 e. The Morgan fingerprint density at radius 2 is 1.69 bits per heavy atom. The predicted octanol–water partition coefficient (Wildman–Crippen LogP) is 6.08. The molecule has 1 aliphatic heterocycles. The van der Waals surface area contributed by atoms with Gasteiger partial charge in [0.25, 0.3) is 11.8 Å². The normalized spacial score (nSPS) is 14.7. The molecular weight excluding hydrogens is 564 g/mol. The number of methoxy groups -OCH3 is 1. The quantitative estimate of drug-likeness (QED) is 0.207. The van der Waals surface area contributed by atoms with Crippen molar-refractivity contribution in [2.24, 2.45) is 0 Å². The summed E-state index contributed by atoms with van der Waals surface area (Å²) in [6.45, 7) is 2.36. The van der Waals surface area contributed by atoms with Crippen molar-refractivity contribution < 1.29 is 19.1 Å². The lowest BCUT2D eigenvalue weighted by Crippen LogP contribution is -2.54. The molecule has 0 aliphatic carbocycles. The van der Waals surface area contributed by atoms with Crippen LogP contribution >= 0.6 is 39.7 Å². The molecule has 3 aromatic rings. The Labute approximate surface area is 228 Å². The molecule has 0 bridgehead atoms. The van der Waals surface area contributed by atoms with Crippen LogP contribution in [0.25, 0.3) is 6.08 Å². The second-order valence-corrected chi connectivity index (χ2v) is 9.60. The largest absolute Gasteiger partial charge is 0.493 e. The first-order valence-corrected chi connectivity index (χ1v) is 12.6. The van der Waals surface area contributed by atoms with E-state index in [0.29, 0.717) is 38.9 Å². The lowest BCUT2D eigenvalue weighted by atomic mass is 10.1. The number of benzene rings is 3. The van der Waals surface area contributed by atoms with Crippen LogP contribution in [0.15, 0.2) is 70.7 Å². The van der Waals surface area contributed by atoms with Gasteiger partial charge in [0, 0.05) is 9.50 Å². The van der Waals surface area contributed by atoms with Crippen molar-refractivity contribution in [1.29, 1.82) is 0 Å². The first-order chi connectivity index (χ1) is 17.3. The Hall–Kier alpha value is -3.20. The second kappa shape index (κ2) is 11.2. The molecule has 1 aliphatic rings. The molecule has 0 radical (unpaired) electrons. The topological polar surface area (TPSA) is 67.9 Å². The third kappa shape index (κ3) is 5.61. The zero-order valence-electron chi connectivity index (χ0n) is 19.5. The zero-order valence-corrected chi connectivity index (χ0v) is 22.7. The van der Waals surface area contributed by atoms with Crippen LogP contribution in [0.1, 0.15) is 23.6 Å². The maximum Gasteiger partial charge on any atom is 0.270 e. The maximum atomic E-state index is 13.4. The smallest absolute Gasteiger partial charge is 0.270 e. The first-order valence-electron chi connectivity index (χ1n) is 11.1. The van der Waals surface area contributed by atoms with Gasteiger partial charge < -0.3 is 9.47 Å². The summed E-state index contributed by atoms with van der Waals surface area (Å²) >= 11 is 14.8. The van der Waals surface area contributed by atoms with Gasteiger partial charge in [-0.3, -0.25) is 19.8 Å². The average molecular weight is 586 g/mol. The van der Waals surface area contributed by atoms with Gasteiger partial charge in [-0.25, -0.2) is 0 Å². The molecule has 1 N–H and O–H groups in total. The molecule has 2 amide bonds. The number of carbonyl (C=O) groups excluding carboxylic acids is 2. The molecule has 3 aromatic carbocycles. The van der Waals surface area contributed by atoms with Crippen molar-refractivity contribution in [2.45, 2.75) is 20.0 Å². The van der Waals surface area contributed by atoms with Crippen LogP contribution in [0.2, 0.25) is 5.02 Å². The summed E-state index contributed by atoms with van der Waals surface area (Å²) < 4.78 is 12.1. The summed E-state index contributed by atoms with van der Waals surface area (Å²) in [5.74, 6) is -0.132. The second-order valence-electron chi connectivity index (χ2n) is 7.92. The Kier molecular flexibility index (Phi) is 8.08. The first kappa shape index (κ1) is 25.9. The van der Waals surface area contributed by atoms with E-state index in [0.717, 1.165) is 17.5 Å². The van der Waals surface area contributed by atoms with Gasteiger partial charge >= 0.3 is 0 Å². The molecule has 36 heavy (non-hydrogen) atoms. The number of halogens is 2. The molecular formula is C27H22BrClN2O4S. The minimum absolute atomic E-state index is 0.0361. The van der Waals surface area contributed by atoms with Gasteiger partial charge in [0.1, 0.15) is 12.2 Å². The fourth-order valence-corrected chi connectivity index (χ4v) is 4.45. The van der Waals surface area contributed by atoms with E-state index >= 15 is 0 Å². The number of anilines is 1. The number of ether oxygens (including phenoxy) is 2. The van der Waals surface area contributed by atoms with Gasteiger partial charge in [0.05, 0.1) is 12.8 Å². The van der Waals surface area contributed by atoms with Gasteiger partial charge in [-0.1, -0.05) is 58.7 Å². The third-order valence-corrected chi connectivity index (χ3v) is 6.82. The Bertz CT molecular complexity index is 1360. The maximum absolute atomic E-state index is 13.4. The average Bonchev–Trinajstić information content (AvgIpc) is 2.87. The summed E-state index contributed by atoms with van der Waals surface area (Å²) in [6.07, 6.45) is 2.37. The van der Waals surface area contributed by atoms with Crippen LogP contribution in [0, 0.1) is 0 Å². The van der Waals surface area contributed by atoms with Crippen LogP contribution in [-0.2, 0) is 22.6 Å². The molecule has 9 heteroatoms. The van der Waals surface area contributed by atoms with E-state index in [2.05, 4.69) is 21.2 Å². The molecule has 0 unspecified atom stereocenters. The Morgan fingerprint density at radius 1 is 1.03 bits per heavy atom. The van der Waals surface area contributed by atoms with Crippen LogP contribution in [0.5, 0.6) is 11.5 Å². The van der Waals surface area contributed by atoms with Crippen molar-refractivity contribution in [3.8, 4) is 11.5 Å². The van der Waals surface area contributed by atoms with E-state index in [1.807, 2.05) is 43.3 Å². The number of rotatable bonds is 7. The molecule has 1 heterocycles. The van der Waals surface area contributed by atoms with Crippen molar-refractivity contribution in [1.82, 2.24) is 5.32 Å². The van der Waals surface area contributed by atoms with Crippen molar-refractivity contribution >= 4 is 68.4 Å². The number of carbonyl (C=O) groups is 2. The van der Waals surface area contributed by atoms with E-state index in [-0.39, 0.29) is 10.7 Å². The Balaban J connectivity index is 1.62. The van der Waals surface area contributed by atoms with E-state index in [9.17, 15) is 9.59 Å². The standard InChI is InChI=1S/C27H22BrClN2O4S/c1-3-16-6-10-20(11-7-16)31-26(33)21(25(32)30-27(31)36)12-18-13-23(34-2)24(14-22(18)28)35-15-17-4-8-19(29)9-5-17/h4-14H,3,15H2,1-2H3,(H,30,32,36)/b21-12+. The summed E-state index contributed by atoms with van der Waals surface area (Å²) in [6, 6.07) is 18.2. The lowest BCUT2D eigenvalue weighted by molar-refractivity contribution is -0.122. The highest BCUT2D eigenvalue weighted by Gasteiger charge is 2.34. The summed E-state index contributed by atoms with van der Waals surface area (Å²) in [4.78, 5) is 27.4. The molecule has 0 atom stereocenters. The summed E-state index contributed by atoms with van der Waals surface area (Å²) in [5, 5.41) is 3.29. The molecule has 1 fully saturated rings. The van der Waals surface area contributed by atoms with Crippen molar-refractivity contribution in [2.75, 3.05) is 12.0 Å². The van der Waals surface area contributed by atoms with E-state index in [1.165, 1.54) is 18.1 Å². The molecule has 0 saturated carbocycles. The van der Waals surface area contributed by atoms with Gasteiger partial charge in [-0.2, -0.15) is 0 Å². The third-order valence-electron chi connectivity index (χ3n) is 5.59. The zero-order chi connectivity index (χ0) is 25.8. The van der Waals surface area contributed by atoms with Crippen LogP contribution < -0.4 is 19.7 Å². The Morgan fingerprint density at radius 3 is 2.33 bits per heavy atom. The highest BCUT2D eigenvalue weighted by molar-refractivity contribution is 9.10. The fourth-order valence-electron chi connectivity index (χ4n) is 3.60. The van der Waals surface area contributed by atoms with E-state index in [1.54, 1.807) is 24.3 Å². The number of nitrogens with one attached hydrogen (secondary N) is 1. The molecule has 6 nitrogen and oxygen atoms in total. The molecule has 1 saturated heterocycles. The van der Waals surface area contributed by atoms with E-state index < -0.39 is 11.8 Å². The highest BCUT2D eigenvalue weighted by atomic mass is 79.9. The lowest BCUT2D eigenvalue weighted by Gasteiger charge is -2.29. The van der Waals surface area contributed by atoms with Gasteiger partial charge in [0.2, 0.25) is 0 Å². The van der Waals surface area contributed by atoms with Gasteiger partial charge in [-0.15, -0.1) is 0 Å². The highest BCUT2D eigenvalue weighted by Crippen LogP contribution is 2.36.